The van der Waals surface area contributed by atoms with Crippen LogP contribution in [0.3, 0.4) is 0 Å². The van der Waals surface area contributed by atoms with Gasteiger partial charge in [-0.1, -0.05) is 24.3 Å². The lowest BCUT2D eigenvalue weighted by atomic mass is 10.1. The van der Waals surface area contributed by atoms with Gasteiger partial charge in [0.1, 0.15) is 5.82 Å². The molecule has 0 saturated heterocycles. The Hall–Kier alpha value is -3.74. The van der Waals surface area contributed by atoms with Crippen LogP contribution in [-0.2, 0) is 6.42 Å². The standard InChI is InChI=1S/C25H27N7/c1-27-15-17(14-26)16-28-25-13-20(30-24-10-11-29-32(24)25)8-6-19-12-21(19)23-9-7-18-4-2-3-5-22(18)31-23/h2-5,7,9-11,13-15,19,21,28H,6,8,12,16,26H2,1H3/t19-,21-/m1/s1. The molecular weight excluding hydrogens is 398 g/mol. The minimum absolute atomic E-state index is 0.557. The number of aliphatic imine (C=N–C) groups is 1. The summed E-state index contributed by atoms with van der Waals surface area (Å²) in [6.07, 6.45) is 8.33. The Balaban J connectivity index is 1.26. The average molecular weight is 426 g/mol. The van der Waals surface area contributed by atoms with Crippen LogP contribution in [0.15, 0.2) is 71.5 Å². The number of nitrogens with two attached hydrogens (primary N) is 1. The first-order valence-corrected chi connectivity index (χ1v) is 11.0. The number of pyridine rings is 1. The molecule has 7 heteroatoms. The van der Waals surface area contributed by atoms with Gasteiger partial charge in [0.05, 0.1) is 11.7 Å². The highest BCUT2D eigenvalue weighted by Gasteiger charge is 2.38. The Labute approximate surface area is 187 Å². The molecular formula is C25H27N7. The topological polar surface area (TPSA) is 93.5 Å². The van der Waals surface area contributed by atoms with Gasteiger partial charge < -0.3 is 11.1 Å². The van der Waals surface area contributed by atoms with Gasteiger partial charge in [-0.15, -0.1) is 0 Å². The smallest absolute Gasteiger partial charge is 0.157 e. The number of para-hydroxylation sites is 1. The van der Waals surface area contributed by atoms with Gasteiger partial charge in [-0.3, -0.25) is 9.98 Å². The van der Waals surface area contributed by atoms with E-state index in [-0.39, 0.29) is 0 Å². The summed E-state index contributed by atoms with van der Waals surface area (Å²) in [5.74, 6) is 2.12. The molecule has 4 aromatic rings. The van der Waals surface area contributed by atoms with Gasteiger partial charge in [-0.05, 0) is 37.3 Å². The van der Waals surface area contributed by atoms with Crippen LogP contribution in [0.4, 0.5) is 5.82 Å². The first kappa shape index (κ1) is 20.2. The molecule has 1 aliphatic rings. The Morgan fingerprint density at radius 2 is 2.12 bits per heavy atom. The van der Waals surface area contributed by atoms with E-state index in [4.69, 9.17) is 15.7 Å². The molecule has 1 aliphatic carbocycles. The monoisotopic (exact) mass is 425 g/mol. The molecule has 1 saturated carbocycles. The molecule has 0 unspecified atom stereocenters. The third kappa shape index (κ3) is 4.19. The predicted octanol–water partition coefficient (Wildman–Crippen LogP) is 3.97. The van der Waals surface area contributed by atoms with Crippen molar-refractivity contribution in [3.05, 3.63) is 77.9 Å². The van der Waals surface area contributed by atoms with Gasteiger partial charge in [0.2, 0.25) is 0 Å². The van der Waals surface area contributed by atoms with Crippen LogP contribution >= 0.6 is 0 Å². The van der Waals surface area contributed by atoms with E-state index < -0.39 is 0 Å². The van der Waals surface area contributed by atoms with Crippen LogP contribution < -0.4 is 11.1 Å². The molecule has 3 aromatic heterocycles. The highest BCUT2D eigenvalue weighted by atomic mass is 15.3. The highest BCUT2D eigenvalue weighted by Crippen LogP contribution is 2.49. The normalized spacial score (nSPS) is 18.6. The summed E-state index contributed by atoms with van der Waals surface area (Å²) in [4.78, 5) is 13.7. The minimum atomic E-state index is 0.557. The summed E-state index contributed by atoms with van der Waals surface area (Å²) in [7, 11) is 1.73. The van der Waals surface area contributed by atoms with E-state index in [1.165, 1.54) is 17.5 Å². The molecule has 3 N–H and O–H groups in total. The quantitative estimate of drug-likeness (QED) is 0.417. The maximum atomic E-state index is 5.69. The molecule has 2 atom stereocenters. The van der Waals surface area contributed by atoms with Crippen molar-refractivity contribution in [2.24, 2.45) is 16.6 Å². The number of benzene rings is 1. The number of aryl methyl sites for hydroxylation is 1. The summed E-state index contributed by atoms with van der Waals surface area (Å²) in [6, 6.07) is 16.7. The average Bonchev–Trinajstić information content (AvgIpc) is 3.45. The number of aromatic nitrogens is 4. The number of fused-ring (bicyclic) bond motifs is 2. The molecule has 0 amide bonds. The van der Waals surface area contributed by atoms with E-state index >= 15 is 0 Å². The third-order valence-corrected chi connectivity index (χ3v) is 6.09. The second-order valence-electron chi connectivity index (χ2n) is 8.29. The van der Waals surface area contributed by atoms with Crippen molar-refractivity contribution in [2.45, 2.75) is 25.2 Å². The zero-order valence-electron chi connectivity index (χ0n) is 18.1. The van der Waals surface area contributed by atoms with Gasteiger partial charge in [0.15, 0.2) is 5.65 Å². The first-order chi connectivity index (χ1) is 15.7. The Kier molecular flexibility index (Phi) is 5.54. The van der Waals surface area contributed by atoms with Crippen LogP contribution in [0.5, 0.6) is 0 Å². The van der Waals surface area contributed by atoms with E-state index in [2.05, 4.69) is 57.9 Å². The Morgan fingerprint density at radius 3 is 3.00 bits per heavy atom. The van der Waals surface area contributed by atoms with Crippen LogP contribution in [-0.4, -0.2) is 39.4 Å². The maximum Gasteiger partial charge on any atom is 0.157 e. The van der Waals surface area contributed by atoms with Gasteiger partial charge >= 0.3 is 0 Å². The minimum Gasteiger partial charge on any atom is -0.404 e. The molecule has 1 aromatic carbocycles. The fourth-order valence-electron chi connectivity index (χ4n) is 4.28. The molecule has 3 heterocycles. The van der Waals surface area contributed by atoms with Crippen LogP contribution in [0.2, 0.25) is 0 Å². The Morgan fingerprint density at radius 1 is 1.22 bits per heavy atom. The van der Waals surface area contributed by atoms with Crippen LogP contribution in [0.1, 0.15) is 30.1 Å². The van der Waals surface area contributed by atoms with Gasteiger partial charge in [0, 0.05) is 66.4 Å². The SMILES string of the molecule is CN=CC(=CN)CNc1cc(CC[C@@H]2C[C@H]2c2ccc3ccccc3n2)nc2ccnn12. The second-order valence-corrected chi connectivity index (χ2v) is 8.29. The van der Waals surface area contributed by atoms with E-state index in [1.54, 1.807) is 25.7 Å². The molecule has 0 spiro atoms. The summed E-state index contributed by atoms with van der Waals surface area (Å²) in [5.41, 5.74) is 10.8. The molecule has 1 fully saturated rings. The molecule has 0 aliphatic heterocycles. The van der Waals surface area contributed by atoms with Crippen molar-refractivity contribution in [3.63, 3.8) is 0 Å². The van der Waals surface area contributed by atoms with E-state index in [0.717, 1.165) is 41.1 Å². The van der Waals surface area contributed by atoms with Gasteiger partial charge in [0.25, 0.3) is 0 Å². The highest BCUT2D eigenvalue weighted by molar-refractivity contribution is 5.79. The molecule has 0 bridgehead atoms. The first-order valence-electron chi connectivity index (χ1n) is 11.0. The van der Waals surface area contributed by atoms with Crippen molar-refractivity contribution in [3.8, 4) is 0 Å². The number of nitrogens with one attached hydrogen (secondary N) is 1. The third-order valence-electron chi connectivity index (χ3n) is 6.09. The van der Waals surface area contributed by atoms with Crippen LogP contribution in [0.25, 0.3) is 16.6 Å². The Bertz CT molecular complexity index is 1300. The van der Waals surface area contributed by atoms with Crippen molar-refractivity contribution in [1.29, 1.82) is 0 Å². The molecule has 7 nitrogen and oxygen atoms in total. The van der Waals surface area contributed by atoms with Crippen molar-refractivity contribution in [1.82, 2.24) is 19.6 Å². The van der Waals surface area contributed by atoms with E-state index in [0.29, 0.717) is 18.4 Å². The molecule has 0 radical (unpaired) electrons. The van der Waals surface area contributed by atoms with Crippen molar-refractivity contribution >= 4 is 28.6 Å². The van der Waals surface area contributed by atoms with E-state index in [9.17, 15) is 0 Å². The van der Waals surface area contributed by atoms with Gasteiger partial charge in [-0.2, -0.15) is 9.61 Å². The number of anilines is 1. The summed E-state index contributed by atoms with van der Waals surface area (Å²) >= 11 is 0. The zero-order valence-corrected chi connectivity index (χ0v) is 18.1. The van der Waals surface area contributed by atoms with Gasteiger partial charge in [-0.25, -0.2) is 4.98 Å². The van der Waals surface area contributed by atoms with Crippen molar-refractivity contribution in [2.75, 3.05) is 18.9 Å². The fourth-order valence-corrected chi connectivity index (χ4v) is 4.28. The second kappa shape index (κ2) is 8.78. The zero-order chi connectivity index (χ0) is 21.9. The number of nitrogens with zero attached hydrogens (tertiary/aromatic N) is 5. The summed E-state index contributed by atoms with van der Waals surface area (Å²) in [6.45, 7) is 0.574. The predicted molar refractivity (Wildman–Crippen MR) is 129 cm³/mol. The van der Waals surface area contributed by atoms with Crippen molar-refractivity contribution < 1.29 is 0 Å². The maximum absolute atomic E-state index is 5.69. The molecule has 32 heavy (non-hydrogen) atoms. The molecule has 162 valence electrons. The number of rotatable bonds is 8. The lowest BCUT2D eigenvalue weighted by Gasteiger charge is -2.11. The molecule has 5 rings (SSSR count). The summed E-state index contributed by atoms with van der Waals surface area (Å²) in [5, 5.41) is 9.01. The number of hydrogen-bond donors (Lipinski definition) is 2. The van der Waals surface area contributed by atoms with E-state index in [1.807, 2.05) is 10.6 Å². The summed E-state index contributed by atoms with van der Waals surface area (Å²) < 4.78 is 1.82. The van der Waals surface area contributed by atoms with Crippen LogP contribution in [0, 0.1) is 5.92 Å². The largest absolute Gasteiger partial charge is 0.404 e. The lowest BCUT2D eigenvalue weighted by Crippen LogP contribution is -2.12. The number of hydrogen-bond acceptors (Lipinski definition) is 6. The lowest BCUT2D eigenvalue weighted by molar-refractivity contribution is 0.688. The fraction of sp³-hybridized carbons (Fsp3) is 0.280.